The second-order valence-corrected chi connectivity index (χ2v) is 8.39. The van der Waals surface area contributed by atoms with Gasteiger partial charge in [0.15, 0.2) is 0 Å². The van der Waals surface area contributed by atoms with Crippen molar-refractivity contribution >= 4 is 45.7 Å². The Balaban J connectivity index is 1.41. The van der Waals surface area contributed by atoms with Crippen LogP contribution >= 0.6 is 11.6 Å². The van der Waals surface area contributed by atoms with Crippen molar-refractivity contribution in [1.82, 2.24) is 9.97 Å². The maximum absolute atomic E-state index is 12.6. The Hall–Kier alpha value is -4.22. The number of anilines is 3. The van der Waals surface area contributed by atoms with Crippen molar-refractivity contribution in [2.45, 2.75) is 6.92 Å². The molecule has 0 aliphatic heterocycles. The predicted molar refractivity (Wildman–Crippen MR) is 139 cm³/mol. The van der Waals surface area contributed by atoms with Gasteiger partial charge in [-0.2, -0.15) is 0 Å². The molecule has 0 unspecified atom stereocenters. The summed E-state index contributed by atoms with van der Waals surface area (Å²) < 4.78 is 0. The first-order chi connectivity index (χ1) is 16.5. The first-order valence-corrected chi connectivity index (χ1v) is 11.2. The van der Waals surface area contributed by atoms with Gasteiger partial charge in [-0.3, -0.25) is 4.79 Å². The topological polar surface area (TPSA) is 66.9 Å². The van der Waals surface area contributed by atoms with Crippen LogP contribution in [0, 0.1) is 6.92 Å². The predicted octanol–water partition coefficient (Wildman–Crippen LogP) is 7.25. The molecule has 0 spiro atoms. The quantitative estimate of drug-likeness (QED) is 0.287. The second-order valence-electron chi connectivity index (χ2n) is 7.95. The van der Waals surface area contributed by atoms with E-state index in [1.165, 1.54) is 0 Å². The molecule has 4 aromatic carbocycles. The average molecular weight is 465 g/mol. The van der Waals surface area contributed by atoms with E-state index in [1.54, 1.807) is 36.4 Å². The van der Waals surface area contributed by atoms with Crippen LogP contribution in [0.4, 0.5) is 17.3 Å². The van der Waals surface area contributed by atoms with Gasteiger partial charge in [0.2, 0.25) is 5.95 Å². The first kappa shape index (κ1) is 21.6. The summed E-state index contributed by atoms with van der Waals surface area (Å²) in [4.78, 5) is 22.1. The van der Waals surface area contributed by atoms with Crippen LogP contribution in [-0.4, -0.2) is 15.9 Å². The summed E-state index contributed by atoms with van der Waals surface area (Å²) in [5, 5.41) is 7.69. The Morgan fingerprint density at radius 3 is 2.35 bits per heavy atom. The first-order valence-electron chi connectivity index (χ1n) is 10.8. The number of hydrogen-bond donors (Lipinski definition) is 2. The monoisotopic (exact) mass is 464 g/mol. The van der Waals surface area contributed by atoms with Gasteiger partial charge >= 0.3 is 0 Å². The van der Waals surface area contributed by atoms with Gasteiger partial charge in [-0.15, -0.1) is 0 Å². The zero-order valence-electron chi connectivity index (χ0n) is 18.4. The minimum absolute atomic E-state index is 0.211. The van der Waals surface area contributed by atoms with Crippen LogP contribution in [0.1, 0.15) is 15.9 Å². The van der Waals surface area contributed by atoms with Crippen molar-refractivity contribution in [3.8, 4) is 11.3 Å². The van der Waals surface area contributed by atoms with Crippen LogP contribution in [0.25, 0.3) is 22.2 Å². The Morgan fingerprint density at radius 2 is 1.59 bits per heavy atom. The molecule has 0 atom stereocenters. The fraction of sp³-hybridized carbons (Fsp3) is 0.0357. The highest BCUT2D eigenvalue weighted by Crippen LogP contribution is 2.29. The number of nitrogens with zero attached hydrogens (tertiary/aromatic N) is 2. The molecule has 0 saturated heterocycles. The average Bonchev–Trinajstić information content (AvgIpc) is 2.85. The van der Waals surface area contributed by atoms with Crippen molar-refractivity contribution in [2.75, 3.05) is 10.6 Å². The molecule has 34 heavy (non-hydrogen) atoms. The highest BCUT2D eigenvalue weighted by molar-refractivity contribution is 6.31. The van der Waals surface area contributed by atoms with E-state index < -0.39 is 0 Å². The Morgan fingerprint density at radius 1 is 0.794 bits per heavy atom. The number of aromatic nitrogens is 2. The van der Waals surface area contributed by atoms with Gasteiger partial charge in [-0.25, -0.2) is 9.97 Å². The van der Waals surface area contributed by atoms with Crippen LogP contribution in [-0.2, 0) is 0 Å². The molecular weight excluding hydrogens is 444 g/mol. The lowest BCUT2D eigenvalue weighted by Gasteiger charge is -2.12. The molecule has 0 saturated carbocycles. The molecule has 1 amide bonds. The summed E-state index contributed by atoms with van der Waals surface area (Å²) in [6.45, 7) is 2.06. The van der Waals surface area contributed by atoms with E-state index in [-0.39, 0.29) is 5.91 Å². The third-order valence-corrected chi connectivity index (χ3v) is 5.62. The van der Waals surface area contributed by atoms with Crippen molar-refractivity contribution < 1.29 is 4.79 Å². The molecule has 5 aromatic rings. The lowest BCUT2D eigenvalue weighted by Crippen LogP contribution is -2.11. The van der Waals surface area contributed by atoms with Gasteiger partial charge in [0.25, 0.3) is 5.91 Å². The van der Waals surface area contributed by atoms with Crippen molar-refractivity contribution in [2.24, 2.45) is 0 Å². The van der Waals surface area contributed by atoms with E-state index in [0.29, 0.717) is 22.2 Å². The smallest absolute Gasteiger partial charge is 0.255 e. The Kier molecular flexibility index (Phi) is 5.93. The number of amides is 1. The minimum Gasteiger partial charge on any atom is -0.324 e. The lowest BCUT2D eigenvalue weighted by atomic mass is 10.0. The zero-order chi connectivity index (χ0) is 23.5. The van der Waals surface area contributed by atoms with Gasteiger partial charge in [0, 0.05) is 32.9 Å². The summed E-state index contributed by atoms with van der Waals surface area (Å²) in [5.41, 5.74) is 5.87. The summed E-state index contributed by atoms with van der Waals surface area (Å²) in [7, 11) is 0. The molecule has 0 aliphatic carbocycles. The zero-order valence-corrected chi connectivity index (χ0v) is 19.2. The number of hydrogen-bond acceptors (Lipinski definition) is 4. The fourth-order valence-corrected chi connectivity index (χ4v) is 3.91. The number of rotatable bonds is 5. The SMILES string of the molecule is Cc1ccc2nc(Nc3ccc(C(=O)Nc4cccc(Cl)c4)cc3)nc(-c3ccccc3)c2c1. The summed E-state index contributed by atoms with van der Waals surface area (Å²) in [5.74, 6) is 0.281. The molecule has 0 radical (unpaired) electrons. The van der Waals surface area contributed by atoms with Gasteiger partial charge in [-0.05, 0) is 61.5 Å². The largest absolute Gasteiger partial charge is 0.324 e. The third kappa shape index (κ3) is 4.75. The van der Waals surface area contributed by atoms with Gasteiger partial charge < -0.3 is 10.6 Å². The molecule has 2 N–H and O–H groups in total. The van der Waals surface area contributed by atoms with E-state index in [2.05, 4.69) is 23.6 Å². The lowest BCUT2D eigenvalue weighted by molar-refractivity contribution is 0.102. The van der Waals surface area contributed by atoms with E-state index in [9.17, 15) is 4.79 Å². The number of carbonyl (C=O) groups excluding carboxylic acids is 1. The third-order valence-electron chi connectivity index (χ3n) is 5.38. The van der Waals surface area contributed by atoms with E-state index in [4.69, 9.17) is 21.6 Å². The highest BCUT2D eigenvalue weighted by atomic mass is 35.5. The number of carbonyl (C=O) groups is 1. The van der Waals surface area contributed by atoms with E-state index >= 15 is 0 Å². The summed E-state index contributed by atoms with van der Waals surface area (Å²) >= 11 is 5.99. The van der Waals surface area contributed by atoms with Gasteiger partial charge in [0.05, 0.1) is 11.2 Å². The van der Waals surface area contributed by atoms with Crippen molar-refractivity contribution in [3.63, 3.8) is 0 Å². The molecule has 5 nitrogen and oxygen atoms in total. The van der Waals surface area contributed by atoms with Crippen LogP contribution in [0.5, 0.6) is 0 Å². The second kappa shape index (κ2) is 9.33. The maximum Gasteiger partial charge on any atom is 0.255 e. The molecule has 1 aromatic heterocycles. The highest BCUT2D eigenvalue weighted by Gasteiger charge is 2.11. The normalized spacial score (nSPS) is 10.8. The molecular formula is C28H21ClN4O. The van der Waals surface area contributed by atoms with E-state index in [1.807, 2.05) is 54.6 Å². The minimum atomic E-state index is -0.211. The van der Waals surface area contributed by atoms with Crippen molar-refractivity contribution in [1.29, 1.82) is 0 Å². The molecule has 1 heterocycles. The van der Waals surface area contributed by atoms with Gasteiger partial charge in [-0.1, -0.05) is 59.6 Å². The number of nitrogens with one attached hydrogen (secondary N) is 2. The number of benzene rings is 4. The Labute approximate surface area is 202 Å². The van der Waals surface area contributed by atoms with Crippen LogP contribution in [0.2, 0.25) is 5.02 Å². The van der Waals surface area contributed by atoms with Crippen LogP contribution in [0.15, 0.2) is 97.1 Å². The number of fused-ring (bicyclic) bond motifs is 1. The fourth-order valence-electron chi connectivity index (χ4n) is 3.72. The number of aryl methyl sites for hydroxylation is 1. The molecule has 0 bridgehead atoms. The number of halogens is 1. The molecule has 166 valence electrons. The van der Waals surface area contributed by atoms with Gasteiger partial charge in [0.1, 0.15) is 0 Å². The van der Waals surface area contributed by atoms with E-state index in [0.717, 1.165) is 33.4 Å². The van der Waals surface area contributed by atoms with Crippen LogP contribution < -0.4 is 10.6 Å². The summed E-state index contributed by atoms with van der Waals surface area (Å²) in [6.07, 6.45) is 0. The molecule has 5 rings (SSSR count). The molecule has 0 fully saturated rings. The molecule has 6 heteroatoms. The van der Waals surface area contributed by atoms with Crippen LogP contribution in [0.3, 0.4) is 0 Å². The molecule has 0 aliphatic rings. The van der Waals surface area contributed by atoms with Crippen molar-refractivity contribution in [3.05, 3.63) is 113 Å². The Bertz CT molecular complexity index is 1480. The standard InChI is InChI=1S/C28H21ClN4O/c1-18-10-15-25-24(16-18)26(19-6-3-2-4-7-19)33-28(32-25)31-22-13-11-20(12-14-22)27(34)30-23-9-5-8-21(29)17-23/h2-17H,1H3,(H,30,34)(H,31,32,33). The maximum atomic E-state index is 12.6. The summed E-state index contributed by atoms with van der Waals surface area (Å²) in [6, 6.07) is 30.5.